The molecule has 5 rings (SSSR count). The predicted molar refractivity (Wildman–Crippen MR) is 148 cm³/mol. The van der Waals surface area contributed by atoms with Gasteiger partial charge < -0.3 is 15.1 Å². The topological polar surface area (TPSA) is 55.9 Å². The normalized spacial score (nSPS) is 18.2. The molecule has 6 nitrogen and oxygen atoms in total. The van der Waals surface area contributed by atoms with Crippen molar-refractivity contribution in [3.63, 3.8) is 0 Å². The van der Waals surface area contributed by atoms with Gasteiger partial charge in [-0.2, -0.15) is 0 Å². The summed E-state index contributed by atoms with van der Waals surface area (Å²) >= 11 is 12.2. The van der Waals surface area contributed by atoms with Crippen molar-refractivity contribution in [3.8, 4) is 0 Å². The molecule has 0 bridgehead atoms. The molecule has 2 aliphatic heterocycles. The van der Waals surface area contributed by atoms with Crippen molar-refractivity contribution in [2.45, 2.75) is 19.0 Å². The SMILES string of the molecule is O=C(c1ccc(Cl)cc1)N1CCN(C2CCN(C(=O)c3ccc(Cl)cc3NCc3ccccc3)C2)CC1. The van der Waals surface area contributed by atoms with Crippen molar-refractivity contribution in [1.82, 2.24) is 14.7 Å². The molecule has 1 atom stereocenters. The molecule has 0 radical (unpaired) electrons. The lowest BCUT2D eigenvalue weighted by atomic mass is 10.1. The van der Waals surface area contributed by atoms with E-state index in [0.29, 0.717) is 59.9 Å². The van der Waals surface area contributed by atoms with E-state index >= 15 is 0 Å². The number of rotatable bonds is 6. The summed E-state index contributed by atoms with van der Waals surface area (Å²) in [6.07, 6.45) is 0.928. The first kappa shape index (κ1) is 25.6. The van der Waals surface area contributed by atoms with Crippen molar-refractivity contribution < 1.29 is 9.59 Å². The molecule has 37 heavy (non-hydrogen) atoms. The highest BCUT2D eigenvalue weighted by Crippen LogP contribution is 2.26. The fourth-order valence-electron chi connectivity index (χ4n) is 5.10. The Balaban J connectivity index is 1.17. The number of hydrogen-bond acceptors (Lipinski definition) is 4. The Morgan fingerprint density at radius 2 is 1.49 bits per heavy atom. The molecule has 2 fully saturated rings. The minimum atomic E-state index is 0.0197. The Morgan fingerprint density at radius 1 is 0.784 bits per heavy atom. The summed E-state index contributed by atoms with van der Waals surface area (Å²) in [7, 11) is 0. The largest absolute Gasteiger partial charge is 0.380 e. The summed E-state index contributed by atoms with van der Waals surface area (Å²) in [6, 6.07) is 22.8. The van der Waals surface area contributed by atoms with E-state index in [4.69, 9.17) is 23.2 Å². The average Bonchev–Trinajstić information content (AvgIpc) is 3.43. The zero-order chi connectivity index (χ0) is 25.8. The number of halogens is 2. The number of hydrogen-bond donors (Lipinski definition) is 1. The second kappa shape index (κ2) is 11.5. The number of nitrogens with zero attached hydrogens (tertiary/aromatic N) is 3. The lowest BCUT2D eigenvalue weighted by molar-refractivity contribution is 0.0568. The van der Waals surface area contributed by atoms with Crippen molar-refractivity contribution in [2.24, 2.45) is 0 Å². The van der Waals surface area contributed by atoms with Crippen molar-refractivity contribution in [1.29, 1.82) is 0 Å². The maximum absolute atomic E-state index is 13.5. The van der Waals surface area contributed by atoms with Gasteiger partial charge in [0, 0.05) is 73.2 Å². The van der Waals surface area contributed by atoms with Gasteiger partial charge in [-0.05, 0) is 54.4 Å². The molecule has 8 heteroatoms. The average molecular weight is 537 g/mol. The van der Waals surface area contributed by atoms with E-state index in [-0.39, 0.29) is 11.8 Å². The van der Waals surface area contributed by atoms with Crippen LogP contribution in [0.1, 0.15) is 32.7 Å². The third-order valence-corrected chi connectivity index (χ3v) is 7.68. The number of piperazine rings is 1. The van der Waals surface area contributed by atoms with Crippen LogP contribution < -0.4 is 5.32 Å². The summed E-state index contributed by atoms with van der Waals surface area (Å²) in [5, 5.41) is 4.61. The molecule has 0 aromatic heterocycles. The van der Waals surface area contributed by atoms with Crippen LogP contribution in [0.2, 0.25) is 10.0 Å². The Hall–Kier alpha value is -3.06. The Bertz CT molecular complexity index is 1240. The van der Waals surface area contributed by atoms with E-state index in [0.717, 1.165) is 30.8 Å². The number of amides is 2. The maximum Gasteiger partial charge on any atom is 0.256 e. The second-order valence-corrected chi connectivity index (χ2v) is 10.4. The van der Waals surface area contributed by atoms with Gasteiger partial charge in [0.05, 0.1) is 5.56 Å². The van der Waals surface area contributed by atoms with Crippen LogP contribution in [0.4, 0.5) is 5.69 Å². The summed E-state index contributed by atoms with van der Waals surface area (Å²) in [5.74, 6) is 0.0593. The fraction of sp³-hybridized carbons (Fsp3) is 0.310. The number of benzene rings is 3. The van der Waals surface area contributed by atoms with E-state index in [1.165, 1.54) is 0 Å². The van der Waals surface area contributed by atoms with E-state index in [2.05, 4.69) is 10.2 Å². The molecule has 3 aromatic rings. The summed E-state index contributed by atoms with van der Waals surface area (Å²) in [5.41, 5.74) is 3.18. The molecule has 1 N–H and O–H groups in total. The molecule has 3 aromatic carbocycles. The van der Waals surface area contributed by atoms with Crippen LogP contribution in [0.15, 0.2) is 72.8 Å². The van der Waals surface area contributed by atoms with Crippen LogP contribution in [0.5, 0.6) is 0 Å². The van der Waals surface area contributed by atoms with Gasteiger partial charge in [0.25, 0.3) is 11.8 Å². The van der Waals surface area contributed by atoms with Crippen LogP contribution in [0.25, 0.3) is 0 Å². The highest BCUT2D eigenvalue weighted by Gasteiger charge is 2.34. The molecule has 0 aliphatic carbocycles. The molecule has 2 heterocycles. The second-order valence-electron chi connectivity index (χ2n) is 9.56. The van der Waals surface area contributed by atoms with Gasteiger partial charge in [-0.3, -0.25) is 14.5 Å². The Kier molecular flexibility index (Phi) is 7.99. The van der Waals surface area contributed by atoms with Crippen LogP contribution >= 0.6 is 23.2 Å². The van der Waals surface area contributed by atoms with Gasteiger partial charge in [0.2, 0.25) is 0 Å². The van der Waals surface area contributed by atoms with Gasteiger partial charge in [-0.25, -0.2) is 0 Å². The number of likely N-dealkylation sites (tertiary alicyclic amines) is 1. The van der Waals surface area contributed by atoms with Gasteiger partial charge >= 0.3 is 0 Å². The number of carbonyl (C=O) groups excluding carboxylic acids is 2. The van der Waals surface area contributed by atoms with Crippen LogP contribution in [-0.2, 0) is 6.54 Å². The lowest BCUT2D eigenvalue weighted by Crippen LogP contribution is -2.52. The number of carbonyl (C=O) groups is 2. The van der Waals surface area contributed by atoms with E-state index in [9.17, 15) is 9.59 Å². The predicted octanol–water partition coefficient (Wildman–Crippen LogP) is 5.28. The quantitative estimate of drug-likeness (QED) is 0.465. The number of nitrogens with one attached hydrogen (secondary N) is 1. The van der Waals surface area contributed by atoms with Crippen molar-refractivity contribution >= 4 is 40.7 Å². The third-order valence-electron chi connectivity index (χ3n) is 7.20. The highest BCUT2D eigenvalue weighted by molar-refractivity contribution is 6.31. The first-order chi connectivity index (χ1) is 18.0. The molecular formula is C29H30Cl2N4O2. The molecule has 2 aliphatic rings. The zero-order valence-electron chi connectivity index (χ0n) is 20.6. The first-order valence-electron chi connectivity index (χ1n) is 12.6. The van der Waals surface area contributed by atoms with E-state index < -0.39 is 0 Å². The molecule has 0 saturated carbocycles. The fourth-order valence-corrected chi connectivity index (χ4v) is 5.40. The van der Waals surface area contributed by atoms with Gasteiger partial charge in [-0.15, -0.1) is 0 Å². The van der Waals surface area contributed by atoms with Crippen molar-refractivity contribution in [2.75, 3.05) is 44.6 Å². The Labute approximate surface area is 227 Å². The first-order valence-corrected chi connectivity index (χ1v) is 13.4. The van der Waals surface area contributed by atoms with Gasteiger partial charge in [0.15, 0.2) is 0 Å². The minimum absolute atomic E-state index is 0.0197. The highest BCUT2D eigenvalue weighted by atomic mass is 35.5. The molecule has 0 spiro atoms. The van der Waals surface area contributed by atoms with E-state index in [1.807, 2.05) is 52.3 Å². The minimum Gasteiger partial charge on any atom is -0.380 e. The van der Waals surface area contributed by atoms with Crippen LogP contribution in [-0.4, -0.2) is 71.8 Å². The molecular weight excluding hydrogens is 507 g/mol. The van der Waals surface area contributed by atoms with Gasteiger partial charge in [0.1, 0.15) is 0 Å². The Morgan fingerprint density at radius 3 is 2.22 bits per heavy atom. The smallest absolute Gasteiger partial charge is 0.256 e. The van der Waals surface area contributed by atoms with Crippen LogP contribution in [0.3, 0.4) is 0 Å². The number of anilines is 1. The molecule has 2 saturated heterocycles. The summed E-state index contributed by atoms with van der Waals surface area (Å²) in [4.78, 5) is 32.6. The van der Waals surface area contributed by atoms with Gasteiger partial charge in [-0.1, -0.05) is 53.5 Å². The zero-order valence-corrected chi connectivity index (χ0v) is 22.1. The van der Waals surface area contributed by atoms with Crippen LogP contribution in [0, 0.1) is 0 Å². The standard InChI is InChI=1S/C29H30Cl2N4O2/c30-23-8-6-22(7-9-23)28(36)34-16-14-33(15-17-34)25-12-13-35(20-25)29(37)26-11-10-24(31)18-27(26)32-19-21-4-2-1-3-5-21/h1-11,18,25,32H,12-17,19-20H2. The monoisotopic (exact) mass is 536 g/mol. The summed E-state index contributed by atoms with van der Waals surface area (Å²) < 4.78 is 0. The third kappa shape index (κ3) is 6.09. The molecule has 192 valence electrons. The molecule has 2 amide bonds. The van der Waals surface area contributed by atoms with E-state index in [1.54, 1.807) is 30.3 Å². The summed E-state index contributed by atoms with van der Waals surface area (Å²) in [6.45, 7) is 4.98. The maximum atomic E-state index is 13.5. The molecule has 1 unspecified atom stereocenters. The van der Waals surface area contributed by atoms with Crippen molar-refractivity contribution in [3.05, 3.63) is 99.5 Å². The lowest BCUT2D eigenvalue weighted by Gasteiger charge is -2.38.